The lowest BCUT2D eigenvalue weighted by Gasteiger charge is -1.99. The van der Waals surface area contributed by atoms with E-state index in [0.29, 0.717) is 4.83 Å². The Morgan fingerprint density at radius 1 is 0.769 bits per heavy atom. The SMILES string of the molecule is BrC1C=CCCC=CCCC=CC1. The molecule has 1 atom stereocenters. The molecule has 72 valence electrons. The lowest BCUT2D eigenvalue weighted by atomic mass is 10.1. The van der Waals surface area contributed by atoms with Gasteiger partial charge in [0.25, 0.3) is 0 Å². The summed E-state index contributed by atoms with van der Waals surface area (Å²) >= 11 is 3.62. The van der Waals surface area contributed by atoms with Gasteiger partial charge in [-0.15, -0.1) is 0 Å². The smallest absolute Gasteiger partial charge is 0.0359 e. The third kappa shape index (κ3) is 5.87. The minimum atomic E-state index is 0.521. The van der Waals surface area contributed by atoms with E-state index in [1.54, 1.807) is 0 Å². The fourth-order valence-corrected chi connectivity index (χ4v) is 1.72. The normalized spacial score (nSPS) is 25.2. The van der Waals surface area contributed by atoms with Crippen molar-refractivity contribution in [3.63, 3.8) is 0 Å². The third-order valence-corrected chi connectivity index (χ3v) is 2.72. The Balaban J connectivity index is 2.41. The predicted octanol–water partition coefficient (Wildman–Crippen LogP) is 4.38. The topological polar surface area (TPSA) is 0 Å². The van der Waals surface area contributed by atoms with Gasteiger partial charge in [0, 0.05) is 4.83 Å². The predicted molar refractivity (Wildman–Crippen MR) is 63.2 cm³/mol. The Kier molecular flexibility index (Phi) is 5.92. The average Bonchev–Trinajstić information content (AvgIpc) is 2.11. The van der Waals surface area contributed by atoms with Crippen LogP contribution >= 0.6 is 15.9 Å². The molecule has 0 aromatic heterocycles. The molecule has 1 unspecified atom stereocenters. The third-order valence-electron chi connectivity index (χ3n) is 2.04. The Hall–Kier alpha value is -0.300. The zero-order chi connectivity index (χ0) is 9.36. The minimum absolute atomic E-state index is 0.521. The van der Waals surface area contributed by atoms with Crippen molar-refractivity contribution in [2.24, 2.45) is 0 Å². The number of allylic oxidation sites excluding steroid dienone is 6. The molecule has 0 fully saturated rings. The highest BCUT2D eigenvalue weighted by Gasteiger charge is 1.94. The second-order valence-electron chi connectivity index (χ2n) is 3.28. The highest BCUT2D eigenvalue weighted by Crippen LogP contribution is 2.10. The lowest BCUT2D eigenvalue weighted by Crippen LogP contribution is -1.88. The molecule has 0 aromatic rings. The van der Waals surface area contributed by atoms with Crippen molar-refractivity contribution in [3.05, 3.63) is 36.5 Å². The largest absolute Gasteiger partial charge is 0.0882 e. The van der Waals surface area contributed by atoms with Gasteiger partial charge in [-0.1, -0.05) is 52.4 Å². The van der Waals surface area contributed by atoms with Crippen LogP contribution in [0.2, 0.25) is 0 Å². The average molecular weight is 241 g/mol. The van der Waals surface area contributed by atoms with Crippen LogP contribution in [0.5, 0.6) is 0 Å². The molecule has 1 aliphatic carbocycles. The van der Waals surface area contributed by atoms with Crippen LogP contribution in [0.4, 0.5) is 0 Å². The monoisotopic (exact) mass is 240 g/mol. The molecule has 0 nitrogen and oxygen atoms in total. The van der Waals surface area contributed by atoms with E-state index in [1.807, 2.05) is 0 Å². The number of hydrogen-bond donors (Lipinski definition) is 0. The molecule has 0 amide bonds. The van der Waals surface area contributed by atoms with Crippen LogP contribution in [0.3, 0.4) is 0 Å². The molecule has 1 heteroatoms. The van der Waals surface area contributed by atoms with Crippen LogP contribution < -0.4 is 0 Å². The second-order valence-corrected chi connectivity index (χ2v) is 4.45. The van der Waals surface area contributed by atoms with Crippen molar-refractivity contribution in [1.82, 2.24) is 0 Å². The van der Waals surface area contributed by atoms with Crippen molar-refractivity contribution in [1.29, 1.82) is 0 Å². The summed E-state index contributed by atoms with van der Waals surface area (Å²) in [5.41, 5.74) is 0. The maximum atomic E-state index is 3.62. The van der Waals surface area contributed by atoms with Crippen molar-refractivity contribution < 1.29 is 0 Å². The molecule has 0 spiro atoms. The van der Waals surface area contributed by atoms with Gasteiger partial charge in [-0.25, -0.2) is 0 Å². The highest BCUT2D eigenvalue weighted by molar-refractivity contribution is 9.09. The first-order valence-corrected chi connectivity index (χ1v) is 5.92. The van der Waals surface area contributed by atoms with Gasteiger partial charge in [-0.3, -0.25) is 0 Å². The first kappa shape index (κ1) is 10.8. The molecule has 0 aliphatic heterocycles. The van der Waals surface area contributed by atoms with Crippen LogP contribution in [0.15, 0.2) is 36.5 Å². The summed E-state index contributed by atoms with van der Waals surface area (Å²) in [5, 5.41) is 0. The summed E-state index contributed by atoms with van der Waals surface area (Å²) in [6, 6.07) is 0. The number of rotatable bonds is 0. The molecule has 1 rings (SSSR count). The van der Waals surface area contributed by atoms with Crippen molar-refractivity contribution in [2.75, 3.05) is 0 Å². The molecule has 1 aliphatic rings. The molecule has 0 N–H and O–H groups in total. The molecule has 0 bridgehead atoms. The van der Waals surface area contributed by atoms with E-state index >= 15 is 0 Å². The summed E-state index contributed by atoms with van der Waals surface area (Å²) < 4.78 is 0. The fraction of sp³-hybridized carbons (Fsp3) is 0.500. The van der Waals surface area contributed by atoms with Gasteiger partial charge in [0.2, 0.25) is 0 Å². The van der Waals surface area contributed by atoms with E-state index < -0.39 is 0 Å². The summed E-state index contributed by atoms with van der Waals surface area (Å²) in [6.45, 7) is 0. The first-order valence-electron chi connectivity index (χ1n) is 5.00. The quantitative estimate of drug-likeness (QED) is 0.436. The molecular formula is C12H17Br. The molecule has 0 saturated heterocycles. The van der Waals surface area contributed by atoms with E-state index in [0.717, 1.165) is 6.42 Å². The standard InChI is InChI=1S/C12H17Br/c13-12-10-8-6-4-2-1-3-5-7-9-11-12/h1-2,7-10,12H,3-6,11H2. The van der Waals surface area contributed by atoms with E-state index in [2.05, 4.69) is 52.4 Å². The van der Waals surface area contributed by atoms with E-state index in [4.69, 9.17) is 0 Å². The first-order chi connectivity index (χ1) is 6.39. The van der Waals surface area contributed by atoms with Crippen molar-refractivity contribution >= 4 is 15.9 Å². The summed E-state index contributed by atoms with van der Waals surface area (Å²) in [6.07, 6.45) is 19.4. The van der Waals surface area contributed by atoms with Crippen molar-refractivity contribution in [2.45, 2.75) is 36.9 Å². The van der Waals surface area contributed by atoms with Crippen LogP contribution in [-0.4, -0.2) is 4.83 Å². The highest BCUT2D eigenvalue weighted by atomic mass is 79.9. The van der Waals surface area contributed by atoms with Crippen LogP contribution in [0.1, 0.15) is 32.1 Å². The van der Waals surface area contributed by atoms with Gasteiger partial charge in [0.1, 0.15) is 0 Å². The Bertz CT molecular complexity index is 201. The summed E-state index contributed by atoms with van der Waals surface area (Å²) in [4.78, 5) is 0.521. The molecular weight excluding hydrogens is 224 g/mol. The maximum Gasteiger partial charge on any atom is 0.0359 e. The molecule has 0 aromatic carbocycles. The zero-order valence-electron chi connectivity index (χ0n) is 7.95. The molecule has 13 heavy (non-hydrogen) atoms. The van der Waals surface area contributed by atoms with Gasteiger partial charge in [0.15, 0.2) is 0 Å². The number of alkyl halides is 1. The van der Waals surface area contributed by atoms with Gasteiger partial charge in [-0.05, 0) is 32.1 Å². The maximum absolute atomic E-state index is 3.62. The number of halogens is 1. The lowest BCUT2D eigenvalue weighted by molar-refractivity contribution is 0.972. The molecule has 0 radical (unpaired) electrons. The summed E-state index contributed by atoms with van der Waals surface area (Å²) in [7, 11) is 0. The Morgan fingerprint density at radius 3 is 2.00 bits per heavy atom. The molecule has 0 saturated carbocycles. The second kappa shape index (κ2) is 7.14. The van der Waals surface area contributed by atoms with Gasteiger partial charge in [-0.2, -0.15) is 0 Å². The Labute approximate surface area is 89.5 Å². The van der Waals surface area contributed by atoms with Crippen LogP contribution in [-0.2, 0) is 0 Å². The summed E-state index contributed by atoms with van der Waals surface area (Å²) in [5.74, 6) is 0. The van der Waals surface area contributed by atoms with Gasteiger partial charge >= 0.3 is 0 Å². The van der Waals surface area contributed by atoms with Crippen LogP contribution in [0.25, 0.3) is 0 Å². The van der Waals surface area contributed by atoms with E-state index in [9.17, 15) is 0 Å². The van der Waals surface area contributed by atoms with Crippen LogP contribution in [0, 0.1) is 0 Å². The fourth-order valence-electron chi connectivity index (χ4n) is 1.29. The zero-order valence-corrected chi connectivity index (χ0v) is 9.54. The molecule has 0 heterocycles. The van der Waals surface area contributed by atoms with Crippen molar-refractivity contribution in [3.8, 4) is 0 Å². The number of hydrogen-bond acceptors (Lipinski definition) is 0. The van der Waals surface area contributed by atoms with E-state index in [1.165, 1.54) is 25.7 Å². The Morgan fingerprint density at radius 2 is 1.31 bits per heavy atom. The van der Waals surface area contributed by atoms with E-state index in [-0.39, 0.29) is 0 Å². The minimum Gasteiger partial charge on any atom is -0.0882 e. The van der Waals surface area contributed by atoms with Gasteiger partial charge in [0.05, 0.1) is 0 Å². The van der Waals surface area contributed by atoms with Gasteiger partial charge < -0.3 is 0 Å².